The van der Waals surface area contributed by atoms with Crippen molar-refractivity contribution in [3.63, 3.8) is 0 Å². The minimum Gasteiger partial charge on any atom is -0.379 e. The molecule has 1 saturated heterocycles. The lowest BCUT2D eigenvalue weighted by atomic mass is 9.84. The number of amides is 1. The van der Waals surface area contributed by atoms with Gasteiger partial charge in [-0.2, -0.15) is 0 Å². The molecule has 0 bridgehead atoms. The number of nitrogens with one attached hydrogen (secondary N) is 2. The first-order chi connectivity index (χ1) is 12.0. The van der Waals surface area contributed by atoms with E-state index < -0.39 is 0 Å². The summed E-state index contributed by atoms with van der Waals surface area (Å²) >= 11 is 0. The van der Waals surface area contributed by atoms with E-state index in [9.17, 15) is 4.79 Å². The number of aliphatic imine (C=N–C) groups is 1. The van der Waals surface area contributed by atoms with Crippen LogP contribution in [0.3, 0.4) is 0 Å². The summed E-state index contributed by atoms with van der Waals surface area (Å²) in [6.45, 7) is 4.77. The van der Waals surface area contributed by atoms with E-state index in [1.54, 1.807) is 11.9 Å². The van der Waals surface area contributed by atoms with Crippen molar-refractivity contribution in [2.45, 2.75) is 51.2 Å². The lowest BCUT2D eigenvalue weighted by Gasteiger charge is -2.31. The normalized spacial score (nSPS) is 24.2. The van der Waals surface area contributed by atoms with Crippen LogP contribution in [-0.2, 0) is 14.3 Å². The summed E-state index contributed by atoms with van der Waals surface area (Å²) in [5.74, 6) is 0.933. The smallest absolute Gasteiger partial charge is 0.230 e. The zero-order chi connectivity index (χ0) is 18.3. The van der Waals surface area contributed by atoms with Crippen LogP contribution in [0.5, 0.6) is 0 Å². The first-order valence-corrected chi connectivity index (χ1v) is 9.35. The molecule has 0 aromatic heterocycles. The molecule has 7 nitrogen and oxygen atoms in total. The van der Waals surface area contributed by atoms with Gasteiger partial charge in [0.25, 0.3) is 0 Å². The summed E-state index contributed by atoms with van der Waals surface area (Å²) in [6, 6.07) is 0.135. The lowest BCUT2D eigenvalue weighted by Crippen LogP contribution is -2.51. The Morgan fingerprint density at radius 3 is 2.68 bits per heavy atom. The third-order valence-electron chi connectivity index (χ3n) is 5.09. The van der Waals surface area contributed by atoms with E-state index >= 15 is 0 Å². The van der Waals surface area contributed by atoms with Crippen LogP contribution in [0.4, 0.5) is 0 Å². The Labute approximate surface area is 151 Å². The van der Waals surface area contributed by atoms with Crippen molar-refractivity contribution < 1.29 is 14.3 Å². The molecule has 2 fully saturated rings. The standard InChI is InChI=1S/C18H34N4O3/c1-14(11-25-15-7-10-24-12-15)21-17(19-2)20-13-18(8-5-6-9-18)16(23)22(3)4/h14-15H,5-13H2,1-4H3,(H2,19,20,21). The highest BCUT2D eigenvalue weighted by Crippen LogP contribution is 2.38. The Morgan fingerprint density at radius 1 is 1.40 bits per heavy atom. The van der Waals surface area contributed by atoms with Gasteiger partial charge < -0.3 is 25.0 Å². The van der Waals surface area contributed by atoms with Crippen molar-refractivity contribution >= 4 is 11.9 Å². The number of nitrogens with zero attached hydrogens (tertiary/aromatic N) is 2. The summed E-state index contributed by atoms with van der Waals surface area (Å²) in [5.41, 5.74) is -0.304. The van der Waals surface area contributed by atoms with E-state index in [2.05, 4.69) is 22.5 Å². The van der Waals surface area contributed by atoms with E-state index in [1.165, 1.54) is 0 Å². The molecule has 1 heterocycles. The molecule has 144 valence electrons. The predicted molar refractivity (Wildman–Crippen MR) is 98.7 cm³/mol. The van der Waals surface area contributed by atoms with Crippen LogP contribution in [0.2, 0.25) is 0 Å². The van der Waals surface area contributed by atoms with Crippen LogP contribution in [0.15, 0.2) is 4.99 Å². The summed E-state index contributed by atoms with van der Waals surface area (Å²) < 4.78 is 11.2. The molecule has 2 aliphatic rings. The highest BCUT2D eigenvalue weighted by atomic mass is 16.5. The van der Waals surface area contributed by atoms with Crippen LogP contribution >= 0.6 is 0 Å². The van der Waals surface area contributed by atoms with E-state index in [4.69, 9.17) is 9.47 Å². The molecule has 0 aromatic carbocycles. The number of carbonyl (C=O) groups excluding carboxylic acids is 1. The van der Waals surface area contributed by atoms with Crippen molar-refractivity contribution in [2.24, 2.45) is 10.4 Å². The monoisotopic (exact) mass is 354 g/mol. The van der Waals surface area contributed by atoms with Gasteiger partial charge in [-0.3, -0.25) is 9.79 Å². The Hall–Kier alpha value is -1.34. The van der Waals surface area contributed by atoms with E-state index in [1.807, 2.05) is 14.1 Å². The molecule has 2 rings (SSSR count). The Bertz CT molecular complexity index is 455. The molecule has 2 atom stereocenters. The molecule has 1 saturated carbocycles. The second-order valence-electron chi connectivity index (χ2n) is 7.48. The maximum Gasteiger partial charge on any atom is 0.230 e. The van der Waals surface area contributed by atoms with Gasteiger partial charge in [0.2, 0.25) is 5.91 Å². The van der Waals surface area contributed by atoms with Gasteiger partial charge >= 0.3 is 0 Å². The summed E-state index contributed by atoms with van der Waals surface area (Å²) in [6.07, 6.45) is 5.28. The maximum atomic E-state index is 12.6. The van der Waals surface area contributed by atoms with Crippen molar-refractivity contribution in [3.05, 3.63) is 0 Å². The third-order valence-corrected chi connectivity index (χ3v) is 5.09. The number of guanidine groups is 1. The Morgan fingerprint density at radius 2 is 2.12 bits per heavy atom. The molecule has 1 amide bonds. The lowest BCUT2D eigenvalue weighted by molar-refractivity contribution is -0.138. The van der Waals surface area contributed by atoms with Crippen molar-refractivity contribution in [3.8, 4) is 0 Å². The van der Waals surface area contributed by atoms with Crippen LogP contribution in [0.25, 0.3) is 0 Å². The van der Waals surface area contributed by atoms with Gasteiger partial charge in [-0.05, 0) is 26.2 Å². The number of ether oxygens (including phenoxy) is 2. The largest absolute Gasteiger partial charge is 0.379 e. The highest BCUT2D eigenvalue weighted by Gasteiger charge is 2.42. The summed E-state index contributed by atoms with van der Waals surface area (Å²) in [7, 11) is 5.42. The average Bonchev–Trinajstić information content (AvgIpc) is 3.28. The second-order valence-corrected chi connectivity index (χ2v) is 7.48. The molecular formula is C18H34N4O3. The van der Waals surface area contributed by atoms with Crippen LogP contribution < -0.4 is 10.6 Å². The molecule has 25 heavy (non-hydrogen) atoms. The Balaban J connectivity index is 1.80. The summed E-state index contributed by atoms with van der Waals surface area (Å²) in [4.78, 5) is 18.6. The first-order valence-electron chi connectivity index (χ1n) is 9.35. The zero-order valence-corrected chi connectivity index (χ0v) is 16.1. The van der Waals surface area contributed by atoms with Gasteiger partial charge in [0.15, 0.2) is 5.96 Å². The molecule has 0 spiro atoms. The van der Waals surface area contributed by atoms with Gasteiger partial charge in [0, 0.05) is 40.3 Å². The topological polar surface area (TPSA) is 75.2 Å². The maximum absolute atomic E-state index is 12.6. The Kier molecular flexibility index (Phi) is 7.50. The van der Waals surface area contributed by atoms with Crippen LogP contribution in [0.1, 0.15) is 39.0 Å². The minimum atomic E-state index is -0.304. The van der Waals surface area contributed by atoms with Crippen molar-refractivity contribution in [2.75, 3.05) is 47.5 Å². The number of carbonyl (C=O) groups is 1. The fourth-order valence-electron chi connectivity index (χ4n) is 3.64. The van der Waals surface area contributed by atoms with Gasteiger partial charge in [0.05, 0.1) is 24.7 Å². The minimum absolute atomic E-state index is 0.135. The van der Waals surface area contributed by atoms with Gasteiger partial charge in [-0.15, -0.1) is 0 Å². The number of hydrogen-bond acceptors (Lipinski definition) is 4. The second kappa shape index (κ2) is 9.38. The quantitative estimate of drug-likeness (QED) is 0.527. The van der Waals surface area contributed by atoms with Gasteiger partial charge in [-0.25, -0.2) is 0 Å². The average molecular weight is 354 g/mol. The number of hydrogen-bond donors (Lipinski definition) is 2. The predicted octanol–water partition coefficient (Wildman–Crippen LogP) is 0.994. The molecule has 1 aliphatic heterocycles. The van der Waals surface area contributed by atoms with Gasteiger partial charge in [0.1, 0.15) is 0 Å². The van der Waals surface area contributed by atoms with Crippen LogP contribution in [-0.4, -0.2) is 76.4 Å². The van der Waals surface area contributed by atoms with E-state index in [0.717, 1.165) is 44.7 Å². The van der Waals surface area contributed by atoms with Crippen molar-refractivity contribution in [1.82, 2.24) is 15.5 Å². The molecule has 7 heteroatoms. The van der Waals surface area contributed by atoms with Crippen LogP contribution in [0, 0.1) is 5.41 Å². The third kappa shape index (κ3) is 5.57. The molecule has 2 unspecified atom stereocenters. The highest BCUT2D eigenvalue weighted by molar-refractivity contribution is 5.85. The first kappa shape index (κ1) is 20.0. The molecule has 0 aromatic rings. The fraction of sp³-hybridized carbons (Fsp3) is 0.889. The SMILES string of the molecule is CN=C(NCC1(C(=O)N(C)C)CCCC1)NC(C)COC1CCOC1. The van der Waals surface area contributed by atoms with Crippen molar-refractivity contribution in [1.29, 1.82) is 0 Å². The molecule has 2 N–H and O–H groups in total. The molecule has 1 aliphatic carbocycles. The van der Waals surface area contributed by atoms with E-state index in [-0.39, 0.29) is 23.5 Å². The zero-order valence-electron chi connectivity index (χ0n) is 16.1. The summed E-state index contributed by atoms with van der Waals surface area (Å²) in [5, 5.41) is 6.71. The van der Waals surface area contributed by atoms with Gasteiger partial charge in [-0.1, -0.05) is 12.8 Å². The molecule has 0 radical (unpaired) electrons. The number of rotatable bonds is 7. The fourth-order valence-corrected chi connectivity index (χ4v) is 3.64. The van der Waals surface area contributed by atoms with E-state index in [0.29, 0.717) is 19.8 Å². The molecular weight excluding hydrogens is 320 g/mol.